The second-order valence-corrected chi connectivity index (χ2v) is 4.26. The van der Waals surface area contributed by atoms with Crippen LogP contribution in [-0.4, -0.2) is 19.6 Å². The van der Waals surface area contributed by atoms with E-state index in [0.29, 0.717) is 35.1 Å². The number of hydrogen-bond acceptors (Lipinski definition) is 5. The molecule has 3 N–H and O–H groups in total. The van der Waals surface area contributed by atoms with Crippen LogP contribution in [0.15, 0.2) is 34.9 Å². The van der Waals surface area contributed by atoms with Crippen LogP contribution in [-0.2, 0) is 6.54 Å². The zero-order chi connectivity index (χ0) is 15.2. The molecule has 6 nitrogen and oxygen atoms in total. The van der Waals surface area contributed by atoms with Crippen molar-refractivity contribution < 1.29 is 18.7 Å². The SMILES string of the molecule is CCOc1ccc(NC(=O)c2coc(CN)c2)cc1OC. The van der Waals surface area contributed by atoms with Gasteiger partial charge in [-0.25, -0.2) is 0 Å². The molecule has 0 aliphatic carbocycles. The zero-order valence-corrected chi connectivity index (χ0v) is 12.0. The molecule has 1 amide bonds. The monoisotopic (exact) mass is 290 g/mol. The van der Waals surface area contributed by atoms with Gasteiger partial charge in [-0.3, -0.25) is 4.79 Å². The fourth-order valence-electron chi connectivity index (χ4n) is 1.83. The number of nitrogens with two attached hydrogens (primary N) is 1. The molecule has 0 bridgehead atoms. The van der Waals surface area contributed by atoms with Crippen molar-refractivity contribution in [1.29, 1.82) is 0 Å². The summed E-state index contributed by atoms with van der Waals surface area (Å²) in [5.41, 5.74) is 6.47. The third-order valence-corrected chi connectivity index (χ3v) is 2.84. The van der Waals surface area contributed by atoms with Gasteiger partial charge in [0.1, 0.15) is 12.0 Å². The van der Waals surface area contributed by atoms with Gasteiger partial charge in [-0.2, -0.15) is 0 Å². The van der Waals surface area contributed by atoms with Crippen molar-refractivity contribution in [3.63, 3.8) is 0 Å². The molecule has 2 aromatic rings. The van der Waals surface area contributed by atoms with E-state index in [4.69, 9.17) is 19.6 Å². The molecule has 0 radical (unpaired) electrons. The molecule has 1 aromatic heterocycles. The number of hydrogen-bond donors (Lipinski definition) is 2. The molecule has 2 rings (SSSR count). The number of methoxy groups -OCH3 is 1. The Morgan fingerprint density at radius 1 is 1.33 bits per heavy atom. The van der Waals surface area contributed by atoms with Crippen LogP contribution in [0.5, 0.6) is 11.5 Å². The number of rotatable bonds is 6. The van der Waals surface area contributed by atoms with Gasteiger partial charge in [-0.15, -0.1) is 0 Å². The van der Waals surface area contributed by atoms with E-state index < -0.39 is 0 Å². The lowest BCUT2D eigenvalue weighted by molar-refractivity contribution is 0.102. The largest absolute Gasteiger partial charge is 0.493 e. The molecule has 21 heavy (non-hydrogen) atoms. The molecular formula is C15H18N2O4. The Kier molecular flexibility index (Phi) is 4.84. The van der Waals surface area contributed by atoms with Gasteiger partial charge in [-0.05, 0) is 25.1 Å². The van der Waals surface area contributed by atoms with Crippen LogP contribution in [0.1, 0.15) is 23.0 Å². The van der Waals surface area contributed by atoms with Crippen molar-refractivity contribution in [2.75, 3.05) is 19.0 Å². The molecule has 0 spiro atoms. The minimum atomic E-state index is -0.273. The van der Waals surface area contributed by atoms with Gasteiger partial charge >= 0.3 is 0 Å². The maximum absolute atomic E-state index is 12.1. The Balaban J connectivity index is 2.13. The van der Waals surface area contributed by atoms with Crippen LogP contribution < -0.4 is 20.5 Å². The first kappa shape index (κ1) is 14.9. The highest BCUT2D eigenvalue weighted by Crippen LogP contribution is 2.30. The van der Waals surface area contributed by atoms with E-state index in [-0.39, 0.29) is 12.5 Å². The van der Waals surface area contributed by atoms with E-state index in [1.54, 1.807) is 31.4 Å². The summed E-state index contributed by atoms with van der Waals surface area (Å²) in [6, 6.07) is 6.81. The minimum absolute atomic E-state index is 0.254. The first-order chi connectivity index (χ1) is 10.2. The van der Waals surface area contributed by atoms with Gasteiger partial charge in [0.25, 0.3) is 5.91 Å². The smallest absolute Gasteiger partial charge is 0.258 e. The lowest BCUT2D eigenvalue weighted by Crippen LogP contribution is -2.11. The third kappa shape index (κ3) is 3.55. The van der Waals surface area contributed by atoms with E-state index in [1.807, 2.05) is 6.92 Å². The van der Waals surface area contributed by atoms with Gasteiger partial charge < -0.3 is 24.9 Å². The van der Waals surface area contributed by atoms with Crippen molar-refractivity contribution in [3.8, 4) is 11.5 Å². The molecule has 0 fully saturated rings. The maximum Gasteiger partial charge on any atom is 0.258 e. The number of amides is 1. The number of nitrogens with one attached hydrogen (secondary N) is 1. The van der Waals surface area contributed by atoms with Crippen molar-refractivity contribution in [2.45, 2.75) is 13.5 Å². The Bertz CT molecular complexity index is 622. The summed E-state index contributed by atoms with van der Waals surface area (Å²) in [5, 5.41) is 2.76. The number of benzene rings is 1. The van der Waals surface area contributed by atoms with E-state index in [9.17, 15) is 4.79 Å². The fraction of sp³-hybridized carbons (Fsp3) is 0.267. The van der Waals surface area contributed by atoms with Crippen molar-refractivity contribution in [3.05, 3.63) is 41.9 Å². The first-order valence-corrected chi connectivity index (χ1v) is 6.57. The second kappa shape index (κ2) is 6.81. The van der Waals surface area contributed by atoms with Gasteiger partial charge in [0, 0.05) is 11.8 Å². The average Bonchev–Trinajstić information content (AvgIpc) is 2.98. The summed E-state index contributed by atoms with van der Waals surface area (Å²) in [6.45, 7) is 2.69. The Hall–Kier alpha value is -2.47. The third-order valence-electron chi connectivity index (χ3n) is 2.84. The summed E-state index contributed by atoms with van der Waals surface area (Å²) in [6.07, 6.45) is 1.38. The normalized spacial score (nSPS) is 10.2. The second-order valence-electron chi connectivity index (χ2n) is 4.26. The summed E-state index contributed by atoms with van der Waals surface area (Å²) in [7, 11) is 1.55. The Labute approximate surface area is 122 Å². The lowest BCUT2D eigenvalue weighted by atomic mass is 10.2. The highest BCUT2D eigenvalue weighted by molar-refractivity contribution is 6.04. The molecule has 0 aliphatic heterocycles. The van der Waals surface area contributed by atoms with Gasteiger partial charge in [0.05, 0.1) is 25.8 Å². The van der Waals surface area contributed by atoms with Crippen LogP contribution in [0.25, 0.3) is 0 Å². The first-order valence-electron chi connectivity index (χ1n) is 6.57. The number of carbonyl (C=O) groups excluding carboxylic acids is 1. The summed E-state index contributed by atoms with van der Waals surface area (Å²) in [5.74, 6) is 1.48. The molecular weight excluding hydrogens is 272 g/mol. The average molecular weight is 290 g/mol. The van der Waals surface area contributed by atoms with Crippen LogP contribution in [0.3, 0.4) is 0 Å². The summed E-state index contributed by atoms with van der Waals surface area (Å²) in [4.78, 5) is 12.1. The zero-order valence-electron chi connectivity index (χ0n) is 12.0. The van der Waals surface area contributed by atoms with E-state index in [0.717, 1.165) is 0 Å². The van der Waals surface area contributed by atoms with E-state index in [2.05, 4.69) is 5.32 Å². The number of ether oxygens (including phenoxy) is 2. The fourth-order valence-corrected chi connectivity index (χ4v) is 1.83. The number of furan rings is 1. The topological polar surface area (TPSA) is 86.7 Å². The van der Waals surface area contributed by atoms with Gasteiger partial charge in [0.15, 0.2) is 11.5 Å². The molecule has 1 heterocycles. The molecule has 0 unspecified atom stereocenters. The molecule has 0 aliphatic rings. The molecule has 112 valence electrons. The standard InChI is InChI=1S/C15H18N2O4/c1-3-20-13-5-4-11(7-14(13)19-2)17-15(18)10-6-12(8-16)21-9-10/h4-7,9H,3,8,16H2,1-2H3,(H,17,18). The summed E-state index contributed by atoms with van der Waals surface area (Å²) >= 11 is 0. The summed E-state index contributed by atoms with van der Waals surface area (Å²) < 4.78 is 15.8. The maximum atomic E-state index is 12.1. The molecule has 1 aromatic carbocycles. The Morgan fingerprint density at radius 2 is 2.14 bits per heavy atom. The highest BCUT2D eigenvalue weighted by Gasteiger charge is 2.12. The van der Waals surface area contributed by atoms with Crippen LogP contribution in [0.4, 0.5) is 5.69 Å². The molecule has 6 heteroatoms. The highest BCUT2D eigenvalue weighted by atomic mass is 16.5. The van der Waals surface area contributed by atoms with Crippen molar-refractivity contribution in [2.24, 2.45) is 5.73 Å². The predicted molar refractivity (Wildman–Crippen MR) is 78.7 cm³/mol. The van der Waals surface area contributed by atoms with Crippen LogP contribution >= 0.6 is 0 Å². The molecule has 0 saturated heterocycles. The van der Waals surface area contributed by atoms with Crippen LogP contribution in [0.2, 0.25) is 0 Å². The molecule has 0 atom stereocenters. The van der Waals surface area contributed by atoms with E-state index >= 15 is 0 Å². The molecule has 0 saturated carbocycles. The van der Waals surface area contributed by atoms with Gasteiger partial charge in [0.2, 0.25) is 0 Å². The van der Waals surface area contributed by atoms with Crippen LogP contribution in [0, 0.1) is 0 Å². The number of anilines is 1. The number of carbonyl (C=O) groups is 1. The van der Waals surface area contributed by atoms with Crippen molar-refractivity contribution >= 4 is 11.6 Å². The van der Waals surface area contributed by atoms with Crippen molar-refractivity contribution in [1.82, 2.24) is 0 Å². The van der Waals surface area contributed by atoms with Gasteiger partial charge in [-0.1, -0.05) is 0 Å². The minimum Gasteiger partial charge on any atom is -0.493 e. The predicted octanol–water partition coefficient (Wildman–Crippen LogP) is 2.40. The van der Waals surface area contributed by atoms with E-state index in [1.165, 1.54) is 6.26 Å². The lowest BCUT2D eigenvalue weighted by Gasteiger charge is -2.11. The quantitative estimate of drug-likeness (QED) is 0.853. The Morgan fingerprint density at radius 3 is 2.76 bits per heavy atom.